The highest BCUT2D eigenvalue weighted by Gasteiger charge is 2.49. The molecule has 124 valence electrons. The topological polar surface area (TPSA) is 42.9 Å². The van der Waals surface area contributed by atoms with E-state index in [1.807, 2.05) is 30.3 Å². The molecule has 0 radical (unpaired) electrons. The van der Waals surface area contributed by atoms with Crippen LogP contribution in [0.4, 0.5) is 0 Å². The molecule has 0 N–H and O–H groups in total. The summed E-state index contributed by atoms with van der Waals surface area (Å²) in [5, 5.41) is 0.572. The maximum absolute atomic E-state index is 12.2. The summed E-state index contributed by atoms with van der Waals surface area (Å²) in [6.07, 6.45) is 3.34. The zero-order valence-electron chi connectivity index (χ0n) is 14.1. The van der Waals surface area contributed by atoms with Gasteiger partial charge in [-0.25, -0.2) is 9.97 Å². The zero-order chi connectivity index (χ0) is 16.9. The van der Waals surface area contributed by atoms with Gasteiger partial charge in [0.1, 0.15) is 10.9 Å². The van der Waals surface area contributed by atoms with E-state index >= 15 is 0 Å². The van der Waals surface area contributed by atoms with E-state index in [1.54, 1.807) is 0 Å². The standard InChI is InChI=1S/C20H21ClN2O/c1-12-15-9-8-14-17(20(15,2)11-10-16(12)24)22-19(23-18(14)21)13-6-4-3-5-7-13/h3-7,12,15H,8-11H2,1-2H3/t12-,15-,20-/m1/s1. The van der Waals surface area contributed by atoms with Gasteiger partial charge in [0.05, 0.1) is 5.69 Å². The van der Waals surface area contributed by atoms with Gasteiger partial charge in [0.15, 0.2) is 5.82 Å². The van der Waals surface area contributed by atoms with Gasteiger partial charge in [-0.15, -0.1) is 0 Å². The lowest BCUT2D eigenvalue weighted by Crippen LogP contribution is -2.47. The molecule has 0 saturated heterocycles. The third-order valence-corrected chi connectivity index (χ3v) is 6.37. The van der Waals surface area contributed by atoms with E-state index in [4.69, 9.17) is 16.6 Å². The molecule has 0 bridgehead atoms. The highest BCUT2D eigenvalue weighted by molar-refractivity contribution is 6.30. The first-order chi connectivity index (χ1) is 11.5. The van der Waals surface area contributed by atoms with E-state index in [2.05, 4.69) is 18.8 Å². The van der Waals surface area contributed by atoms with Gasteiger partial charge in [0, 0.05) is 28.9 Å². The van der Waals surface area contributed by atoms with E-state index in [0.717, 1.165) is 36.1 Å². The lowest BCUT2D eigenvalue weighted by atomic mass is 9.56. The van der Waals surface area contributed by atoms with Crippen LogP contribution in [-0.4, -0.2) is 15.8 Å². The van der Waals surface area contributed by atoms with Gasteiger partial charge in [-0.2, -0.15) is 0 Å². The summed E-state index contributed by atoms with van der Waals surface area (Å²) in [7, 11) is 0. The van der Waals surface area contributed by atoms with Crippen LogP contribution in [0.2, 0.25) is 5.15 Å². The molecule has 4 heteroatoms. The number of fused-ring (bicyclic) bond motifs is 3. The minimum Gasteiger partial charge on any atom is -0.299 e. The Morgan fingerprint density at radius 3 is 2.67 bits per heavy atom. The summed E-state index contributed by atoms with van der Waals surface area (Å²) in [6, 6.07) is 9.96. The molecule has 1 saturated carbocycles. The minimum atomic E-state index is -0.0863. The summed E-state index contributed by atoms with van der Waals surface area (Å²) in [4.78, 5) is 21.7. The van der Waals surface area contributed by atoms with Crippen molar-refractivity contribution in [2.24, 2.45) is 11.8 Å². The number of hydrogen-bond acceptors (Lipinski definition) is 3. The van der Waals surface area contributed by atoms with Crippen LogP contribution in [0.25, 0.3) is 11.4 Å². The van der Waals surface area contributed by atoms with Crippen LogP contribution < -0.4 is 0 Å². The Balaban J connectivity index is 1.87. The molecule has 3 nitrogen and oxygen atoms in total. The summed E-state index contributed by atoms with van der Waals surface area (Å²) < 4.78 is 0. The second-order valence-corrected chi connectivity index (χ2v) is 7.71. The van der Waals surface area contributed by atoms with E-state index in [0.29, 0.717) is 29.1 Å². The number of nitrogens with zero attached hydrogens (tertiary/aromatic N) is 2. The molecule has 3 atom stereocenters. The highest BCUT2D eigenvalue weighted by atomic mass is 35.5. The van der Waals surface area contributed by atoms with Gasteiger partial charge < -0.3 is 0 Å². The number of hydrogen-bond donors (Lipinski definition) is 0. The van der Waals surface area contributed by atoms with Crippen molar-refractivity contribution in [1.29, 1.82) is 0 Å². The van der Waals surface area contributed by atoms with Gasteiger partial charge in [0.2, 0.25) is 0 Å². The Morgan fingerprint density at radius 2 is 1.92 bits per heavy atom. The predicted molar refractivity (Wildman–Crippen MR) is 95.0 cm³/mol. The van der Waals surface area contributed by atoms with Crippen molar-refractivity contribution in [3.05, 3.63) is 46.7 Å². The number of aromatic nitrogens is 2. The number of carbonyl (C=O) groups is 1. The highest BCUT2D eigenvalue weighted by Crippen LogP contribution is 2.51. The zero-order valence-corrected chi connectivity index (χ0v) is 14.8. The molecule has 0 spiro atoms. The van der Waals surface area contributed by atoms with Crippen LogP contribution in [0.15, 0.2) is 30.3 Å². The van der Waals surface area contributed by atoms with Crippen molar-refractivity contribution in [3.8, 4) is 11.4 Å². The molecule has 2 aliphatic carbocycles. The smallest absolute Gasteiger partial charge is 0.161 e. The van der Waals surface area contributed by atoms with E-state index in [-0.39, 0.29) is 11.3 Å². The molecule has 1 aromatic heterocycles. The third-order valence-electron chi connectivity index (χ3n) is 6.06. The van der Waals surface area contributed by atoms with Crippen LogP contribution in [-0.2, 0) is 16.6 Å². The van der Waals surface area contributed by atoms with Crippen molar-refractivity contribution in [1.82, 2.24) is 9.97 Å². The van der Waals surface area contributed by atoms with Crippen molar-refractivity contribution >= 4 is 17.4 Å². The molecule has 0 amide bonds. The van der Waals surface area contributed by atoms with Gasteiger partial charge in [-0.3, -0.25) is 4.79 Å². The average Bonchev–Trinajstić information content (AvgIpc) is 2.60. The maximum atomic E-state index is 12.2. The summed E-state index contributed by atoms with van der Waals surface area (Å²) in [6.45, 7) is 4.34. The Hall–Kier alpha value is -1.74. The van der Waals surface area contributed by atoms with Crippen molar-refractivity contribution in [3.63, 3.8) is 0 Å². The summed E-state index contributed by atoms with van der Waals surface area (Å²) in [5.74, 6) is 1.53. The molecule has 2 aliphatic rings. The SMILES string of the molecule is C[C@H]1C(=O)CC[C@@]2(C)c3nc(-c4ccccc4)nc(Cl)c3CC[C@H]12. The number of Topliss-reactive ketones (excluding diaryl/α,β-unsaturated/α-hetero) is 1. The number of halogens is 1. The van der Waals surface area contributed by atoms with Gasteiger partial charge >= 0.3 is 0 Å². The number of ketones is 1. The first kappa shape index (κ1) is 15.8. The normalized spacial score (nSPS) is 29.0. The molecule has 24 heavy (non-hydrogen) atoms. The van der Waals surface area contributed by atoms with Gasteiger partial charge in [-0.05, 0) is 25.2 Å². The molecule has 1 aromatic carbocycles. The summed E-state index contributed by atoms with van der Waals surface area (Å²) in [5.41, 5.74) is 3.04. The molecule has 4 rings (SSSR count). The lowest BCUT2D eigenvalue weighted by molar-refractivity contribution is -0.128. The Labute approximate surface area is 147 Å². The largest absolute Gasteiger partial charge is 0.299 e. The monoisotopic (exact) mass is 340 g/mol. The number of carbonyl (C=O) groups excluding carboxylic acids is 1. The fraction of sp³-hybridized carbons (Fsp3) is 0.450. The Bertz CT molecular complexity index is 805. The quantitative estimate of drug-likeness (QED) is 0.711. The number of benzene rings is 1. The van der Waals surface area contributed by atoms with E-state index in [9.17, 15) is 4.79 Å². The Kier molecular flexibility index (Phi) is 3.72. The number of rotatable bonds is 1. The van der Waals surface area contributed by atoms with Crippen LogP contribution in [0.3, 0.4) is 0 Å². The first-order valence-electron chi connectivity index (χ1n) is 8.66. The predicted octanol–water partition coefficient (Wildman–Crippen LogP) is 4.62. The van der Waals surface area contributed by atoms with Crippen molar-refractivity contribution in [2.45, 2.75) is 44.9 Å². The molecule has 0 aliphatic heterocycles. The Morgan fingerprint density at radius 1 is 1.17 bits per heavy atom. The molecular weight excluding hydrogens is 320 g/mol. The fourth-order valence-corrected chi connectivity index (χ4v) is 4.87. The van der Waals surface area contributed by atoms with Crippen molar-refractivity contribution < 1.29 is 4.79 Å². The van der Waals surface area contributed by atoms with E-state index < -0.39 is 0 Å². The lowest BCUT2D eigenvalue weighted by Gasteiger charge is -2.47. The van der Waals surface area contributed by atoms with E-state index in [1.165, 1.54) is 0 Å². The van der Waals surface area contributed by atoms with Crippen LogP contribution in [0, 0.1) is 11.8 Å². The molecular formula is C20H21ClN2O. The van der Waals surface area contributed by atoms with Crippen LogP contribution >= 0.6 is 11.6 Å². The molecule has 1 heterocycles. The second-order valence-electron chi connectivity index (χ2n) is 7.35. The average molecular weight is 341 g/mol. The van der Waals surface area contributed by atoms with Crippen LogP contribution in [0.5, 0.6) is 0 Å². The molecule has 2 aromatic rings. The second kappa shape index (κ2) is 5.66. The van der Waals surface area contributed by atoms with Crippen LogP contribution in [0.1, 0.15) is 44.4 Å². The molecule has 0 unspecified atom stereocenters. The third kappa shape index (κ3) is 2.29. The minimum absolute atomic E-state index is 0.0863. The first-order valence-corrected chi connectivity index (χ1v) is 9.03. The fourth-order valence-electron chi connectivity index (χ4n) is 4.60. The van der Waals surface area contributed by atoms with Gasteiger partial charge in [-0.1, -0.05) is 55.8 Å². The molecule has 1 fully saturated rings. The maximum Gasteiger partial charge on any atom is 0.161 e. The van der Waals surface area contributed by atoms with Crippen molar-refractivity contribution in [2.75, 3.05) is 0 Å². The summed E-state index contributed by atoms with van der Waals surface area (Å²) >= 11 is 6.54. The van der Waals surface area contributed by atoms with Gasteiger partial charge in [0.25, 0.3) is 0 Å².